The fourth-order valence-corrected chi connectivity index (χ4v) is 4.08. The van der Waals surface area contributed by atoms with Crippen LogP contribution < -0.4 is 4.90 Å². The lowest BCUT2D eigenvalue weighted by Gasteiger charge is -2.41. The van der Waals surface area contributed by atoms with Crippen molar-refractivity contribution in [1.82, 2.24) is 14.5 Å². The highest BCUT2D eigenvalue weighted by Gasteiger charge is 2.65. The van der Waals surface area contributed by atoms with Gasteiger partial charge in [-0.2, -0.15) is 13.2 Å². The molecule has 1 aliphatic heterocycles. The van der Waals surface area contributed by atoms with Crippen LogP contribution in [0, 0.1) is 12.8 Å². The zero-order valence-corrected chi connectivity index (χ0v) is 17.8. The summed E-state index contributed by atoms with van der Waals surface area (Å²) in [5.74, 6) is -3.67. The van der Waals surface area contributed by atoms with Crippen LogP contribution in [0.15, 0.2) is 36.7 Å². The first-order valence-corrected chi connectivity index (χ1v) is 9.97. The molecule has 2 aromatic rings. The van der Waals surface area contributed by atoms with Crippen LogP contribution in [-0.2, 0) is 22.2 Å². The third-order valence-electron chi connectivity index (χ3n) is 5.85. The standard InChI is InChI=1S/C21H27F3N4O3/c1-15-6-4-5-7-17(15)28-12-10-27(11-13-28)14-16(18(29)31-3)20(30,21(22,23)24)19-25-8-9-26(19)2/h4-9,16,30H,10-14H2,1-3H3. The number of aliphatic hydroxyl groups is 1. The largest absolute Gasteiger partial charge is 0.469 e. The molecule has 2 unspecified atom stereocenters. The Morgan fingerprint density at radius 1 is 1.23 bits per heavy atom. The van der Waals surface area contributed by atoms with Crippen molar-refractivity contribution in [3.05, 3.63) is 48.0 Å². The van der Waals surface area contributed by atoms with Gasteiger partial charge in [0.05, 0.1) is 7.11 Å². The minimum Gasteiger partial charge on any atom is -0.469 e. The number of imidazole rings is 1. The summed E-state index contributed by atoms with van der Waals surface area (Å²) in [7, 11) is 2.36. The molecule has 7 nitrogen and oxygen atoms in total. The van der Waals surface area contributed by atoms with E-state index in [-0.39, 0.29) is 6.54 Å². The van der Waals surface area contributed by atoms with E-state index in [9.17, 15) is 23.1 Å². The Labute approximate surface area is 179 Å². The second-order valence-electron chi connectivity index (χ2n) is 7.78. The lowest BCUT2D eigenvalue weighted by atomic mass is 9.84. The van der Waals surface area contributed by atoms with Crippen molar-refractivity contribution in [2.45, 2.75) is 18.7 Å². The molecule has 1 aliphatic rings. The molecule has 1 aromatic heterocycles. The Morgan fingerprint density at radius 2 is 1.87 bits per heavy atom. The summed E-state index contributed by atoms with van der Waals surface area (Å²) in [6, 6.07) is 7.90. The molecule has 3 rings (SSSR count). The number of anilines is 1. The van der Waals surface area contributed by atoms with Crippen LogP contribution in [0.4, 0.5) is 18.9 Å². The number of carbonyl (C=O) groups excluding carboxylic acids is 1. The molecule has 2 atom stereocenters. The first kappa shape index (κ1) is 23.1. The second-order valence-corrected chi connectivity index (χ2v) is 7.78. The quantitative estimate of drug-likeness (QED) is 0.694. The number of benzene rings is 1. The monoisotopic (exact) mass is 440 g/mol. The lowest BCUT2D eigenvalue weighted by Crippen LogP contribution is -2.58. The fourth-order valence-electron chi connectivity index (χ4n) is 4.08. The normalized spacial score (nSPS) is 18.5. The Hall–Kier alpha value is -2.59. The van der Waals surface area contributed by atoms with E-state index in [1.54, 1.807) is 4.90 Å². The Kier molecular flexibility index (Phi) is 6.61. The molecule has 1 aromatic carbocycles. The molecule has 0 saturated carbocycles. The predicted octanol–water partition coefficient (Wildman–Crippen LogP) is 2.09. The molecule has 0 radical (unpaired) electrons. The highest BCUT2D eigenvalue weighted by molar-refractivity contribution is 5.74. The molecule has 1 fully saturated rings. The third kappa shape index (κ3) is 4.40. The molecule has 0 amide bonds. The molecular formula is C21H27F3N4O3. The van der Waals surface area contributed by atoms with Crippen molar-refractivity contribution < 1.29 is 27.8 Å². The van der Waals surface area contributed by atoms with Crippen LogP contribution in [0.5, 0.6) is 0 Å². The van der Waals surface area contributed by atoms with E-state index in [1.807, 2.05) is 31.2 Å². The summed E-state index contributed by atoms with van der Waals surface area (Å²) in [6.07, 6.45) is -2.68. The summed E-state index contributed by atoms with van der Waals surface area (Å²) in [5, 5.41) is 10.9. The van der Waals surface area contributed by atoms with Gasteiger partial charge in [-0.05, 0) is 18.6 Å². The van der Waals surface area contributed by atoms with Gasteiger partial charge in [0.1, 0.15) is 5.92 Å². The van der Waals surface area contributed by atoms with Gasteiger partial charge in [-0.3, -0.25) is 9.69 Å². The molecule has 1 saturated heterocycles. The SMILES string of the molecule is COC(=O)C(CN1CCN(c2ccccc2C)CC1)C(O)(c1nccn1C)C(F)(F)F. The zero-order valence-electron chi connectivity index (χ0n) is 17.8. The maximum atomic E-state index is 14.1. The van der Waals surface area contributed by atoms with Gasteiger partial charge in [0.2, 0.25) is 5.60 Å². The van der Waals surface area contributed by atoms with Crippen LogP contribution in [-0.4, -0.2) is 71.5 Å². The molecule has 31 heavy (non-hydrogen) atoms. The van der Waals surface area contributed by atoms with Gasteiger partial charge in [-0.25, -0.2) is 4.98 Å². The second kappa shape index (κ2) is 8.88. The number of esters is 1. The number of aryl methyl sites for hydroxylation is 2. The number of para-hydroxylation sites is 1. The van der Waals surface area contributed by atoms with Gasteiger partial charge < -0.3 is 19.3 Å². The van der Waals surface area contributed by atoms with Crippen LogP contribution >= 0.6 is 0 Å². The number of ether oxygens (including phenoxy) is 1. The Balaban J connectivity index is 1.83. The summed E-state index contributed by atoms with van der Waals surface area (Å²) in [5.41, 5.74) is -1.29. The Morgan fingerprint density at radius 3 is 2.39 bits per heavy atom. The first-order valence-electron chi connectivity index (χ1n) is 9.97. The smallest absolute Gasteiger partial charge is 0.425 e. The molecule has 0 bridgehead atoms. The number of piperazine rings is 1. The molecule has 1 N–H and O–H groups in total. The lowest BCUT2D eigenvalue weighted by molar-refractivity contribution is -0.291. The van der Waals surface area contributed by atoms with Crippen LogP contribution in [0.1, 0.15) is 11.4 Å². The number of carbonyl (C=O) groups is 1. The van der Waals surface area contributed by atoms with E-state index in [0.717, 1.165) is 29.1 Å². The summed E-state index contributed by atoms with van der Waals surface area (Å²) in [4.78, 5) is 20.1. The van der Waals surface area contributed by atoms with Crippen molar-refractivity contribution in [2.75, 3.05) is 44.7 Å². The van der Waals surface area contributed by atoms with Crippen molar-refractivity contribution in [2.24, 2.45) is 13.0 Å². The molecule has 0 aliphatic carbocycles. The topological polar surface area (TPSA) is 70.8 Å². The van der Waals surface area contributed by atoms with Gasteiger partial charge in [0.25, 0.3) is 0 Å². The third-order valence-corrected chi connectivity index (χ3v) is 5.85. The summed E-state index contributed by atoms with van der Waals surface area (Å²) in [6.45, 7) is 3.76. The van der Waals surface area contributed by atoms with Gasteiger partial charge in [-0.1, -0.05) is 18.2 Å². The molecule has 2 heterocycles. The van der Waals surface area contributed by atoms with Crippen molar-refractivity contribution in [1.29, 1.82) is 0 Å². The number of halogens is 3. The van der Waals surface area contributed by atoms with Crippen molar-refractivity contribution in [3.8, 4) is 0 Å². The van der Waals surface area contributed by atoms with Gasteiger partial charge >= 0.3 is 12.1 Å². The van der Waals surface area contributed by atoms with Crippen LogP contribution in [0.25, 0.3) is 0 Å². The van der Waals surface area contributed by atoms with Crippen LogP contribution in [0.2, 0.25) is 0 Å². The number of rotatable bonds is 6. The fraction of sp³-hybridized carbons (Fsp3) is 0.524. The zero-order chi connectivity index (χ0) is 22.8. The number of alkyl halides is 3. The summed E-state index contributed by atoms with van der Waals surface area (Å²) < 4.78 is 48.2. The van der Waals surface area contributed by atoms with Gasteiger partial charge in [0, 0.05) is 57.9 Å². The minimum atomic E-state index is -5.13. The minimum absolute atomic E-state index is 0.308. The predicted molar refractivity (Wildman–Crippen MR) is 108 cm³/mol. The average molecular weight is 440 g/mol. The van der Waals surface area contributed by atoms with E-state index < -0.39 is 29.5 Å². The van der Waals surface area contributed by atoms with E-state index in [1.165, 1.54) is 13.2 Å². The maximum absolute atomic E-state index is 14.1. The maximum Gasteiger partial charge on any atom is 0.425 e. The Bertz CT molecular complexity index is 909. The van der Waals surface area contributed by atoms with Crippen molar-refractivity contribution in [3.63, 3.8) is 0 Å². The highest BCUT2D eigenvalue weighted by atomic mass is 19.4. The highest BCUT2D eigenvalue weighted by Crippen LogP contribution is 2.44. The van der Waals surface area contributed by atoms with Crippen LogP contribution in [0.3, 0.4) is 0 Å². The van der Waals surface area contributed by atoms with E-state index in [4.69, 9.17) is 0 Å². The van der Waals surface area contributed by atoms with E-state index >= 15 is 0 Å². The molecule has 0 spiro atoms. The molecule has 170 valence electrons. The number of aromatic nitrogens is 2. The molecular weight excluding hydrogens is 413 g/mol. The van der Waals surface area contributed by atoms with E-state index in [0.29, 0.717) is 26.2 Å². The van der Waals surface area contributed by atoms with E-state index in [2.05, 4.69) is 14.6 Å². The van der Waals surface area contributed by atoms with Crippen molar-refractivity contribution >= 4 is 11.7 Å². The number of nitrogens with zero attached hydrogens (tertiary/aromatic N) is 4. The first-order chi connectivity index (χ1) is 14.6. The molecule has 10 heteroatoms. The number of hydrogen-bond acceptors (Lipinski definition) is 6. The van der Waals surface area contributed by atoms with Gasteiger partial charge in [0.15, 0.2) is 5.82 Å². The number of methoxy groups -OCH3 is 1. The number of hydrogen-bond donors (Lipinski definition) is 1. The van der Waals surface area contributed by atoms with Gasteiger partial charge in [-0.15, -0.1) is 0 Å². The summed E-state index contributed by atoms with van der Waals surface area (Å²) >= 11 is 0. The average Bonchev–Trinajstić information content (AvgIpc) is 3.17.